The van der Waals surface area contributed by atoms with Crippen molar-refractivity contribution in [1.29, 1.82) is 0 Å². The Labute approximate surface area is 402 Å². The first-order valence-corrected chi connectivity index (χ1v) is 27.4. The Hall–Kier alpha value is -3.15. The number of hydrogen-bond acceptors (Lipinski definition) is 6. The second-order valence-electron chi connectivity index (χ2n) is 18.1. The van der Waals surface area contributed by atoms with Gasteiger partial charge in [-0.3, -0.25) is 14.4 Å². The molecule has 0 fully saturated rings. The monoisotopic (exact) mass is 907 g/mol. The van der Waals surface area contributed by atoms with Crippen molar-refractivity contribution in [2.24, 2.45) is 0 Å². The largest absolute Gasteiger partial charge is 0.462 e. The van der Waals surface area contributed by atoms with Crippen molar-refractivity contribution in [3.8, 4) is 0 Å². The molecule has 0 spiro atoms. The van der Waals surface area contributed by atoms with E-state index in [0.717, 1.165) is 89.9 Å². The summed E-state index contributed by atoms with van der Waals surface area (Å²) in [5.74, 6) is -0.921. The first kappa shape index (κ1) is 61.9. The molecule has 0 N–H and O–H groups in total. The third-order valence-corrected chi connectivity index (χ3v) is 11.7. The Kier molecular flexibility index (Phi) is 50.9. The molecule has 0 aliphatic rings. The van der Waals surface area contributed by atoms with Crippen LogP contribution in [-0.2, 0) is 28.6 Å². The maximum atomic E-state index is 12.8. The van der Waals surface area contributed by atoms with Gasteiger partial charge >= 0.3 is 17.9 Å². The Morgan fingerprint density at radius 3 is 0.908 bits per heavy atom. The van der Waals surface area contributed by atoms with Crippen LogP contribution in [0, 0.1) is 0 Å². The third-order valence-electron chi connectivity index (χ3n) is 11.7. The second kappa shape index (κ2) is 53.5. The maximum Gasteiger partial charge on any atom is 0.306 e. The first-order chi connectivity index (χ1) is 32.0. The zero-order valence-corrected chi connectivity index (χ0v) is 42.7. The van der Waals surface area contributed by atoms with Crippen molar-refractivity contribution >= 4 is 17.9 Å². The summed E-state index contributed by atoms with van der Waals surface area (Å²) in [5, 5.41) is 0. The molecule has 65 heavy (non-hydrogen) atoms. The summed E-state index contributed by atoms with van der Waals surface area (Å²) in [6.45, 7) is 6.54. The average molecular weight is 907 g/mol. The molecule has 0 aromatic heterocycles. The number of rotatable bonds is 49. The molecule has 0 aromatic rings. The highest BCUT2D eigenvalue weighted by Gasteiger charge is 2.19. The minimum absolute atomic E-state index is 0.0861. The van der Waals surface area contributed by atoms with Gasteiger partial charge in [0.15, 0.2) is 6.10 Å². The van der Waals surface area contributed by atoms with Crippen molar-refractivity contribution in [3.63, 3.8) is 0 Å². The third kappa shape index (κ3) is 51.7. The molecule has 0 aliphatic carbocycles. The summed E-state index contributed by atoms with van der Waals surface area (Å²) < 4.78 is 16.8. The fourth-order valence-corrected chi connectivity index (χ4v) is 7.51. The number of hydrogen-bond donors (Lipinski definition) is 0. The normalized spacial score (nSPS) is 12.6. The van der Waals surface area contributed by atoms with E-state index in [-0.39, 0.29) is 31.1 Å². The number of ether oxygens (including phenoxy) is 3. The Morgan fingerprint density at radius 2 is 0.554 bits per heavy atom. The quantitative estimate of drug-likeness (QED) is 0.0262. The molecule has 0 unspecified atom stereocenters. The van der Waals surface area contributed by atoms with Crippen LogP contribution in [0.5, 0.6) is 0 Å². The highest BCUT2D eigenvalue weighted by Crippen LogP contribution is 2.15. The highest BCUT2D eigenvalue weighted by molar-refractivity contribution is 5.71. The lowest BCUT2D eigenvalue weighted by atomic mass is 10.1. The fourth-order valence-electron chi connectivity index (χ4n) is 7.51. The number of carbonyl (C=O) groups is 3. The van der Waals surface area contributed by atoms with E-state index in [1.54, 1.807) is 0 Å². The van der Waals surface area contributed by atoms with Crippen molar-refractivity contribution in [1.82, 2.24) is 0 Å². The van der Waals surface area contributed by atoms with E-state index in [2.05, 4.69) is 93.7 Å². The van der Waals surface area contributed by atoms with Crippen molar-refractivity contribution in [3.05, 3.63) is 72.9 Å². The van der Waals surface area contributed by atoms with Gasteiger partial charge in [-0.15, -0.1) is 0 Å². The molecule has 6 heteroatoms. The summed E-state index contributed by atoms with van der Waals surface area (Å²) in [4.78, 5) is 38.0. The van der Waals surface area contributed by atoms with E-state index < -0.39 is 6.10 Å². The van der Waals surface area contributed by atoms with E-state index >= 15 is 0 Å². The number of unbranched alkanes of at least 4 members (excludes halogenated alkanes) is 26. The number of allylic oxidation sites excluding steroid dienone is 12. The molecule has 1 atom stereocenters. The predicted octanol–water partition coefficient (Wildman–Crippen LogP) is 18.2. The topological polar surface area (TPSA) is 78.9 Å². The summed E-state index contributed by atoms with van der Waals surface area (Å²) >= 11 is 0. The Balaban J connectivity index is 4.36. The lowest BCUT2D eigenvalue weighted by Gasteiger charge is -2.18. The van der Waals surface area contributed by atoms with Gasteiger partial charge in [0.2, 0.25) is 0 Å². The predicted molar refractivity (Wildman–Crippen MR) is 279 cm³/mol. The molecule has 0 aliphatic heterocycles. The zero-order valence-electron chi connectivity index (χ0n) is 42.7. The second-order valence-corrected chi connectivity index (χ2v) is 18.1. The standard InChI is InChI=1S/C59H102O6/c1-4-7-10-13-16-19-21-23-25-27-29-31-33-35-37-40-43-46-49-52-58(61)64-55-56(54-63-57(60)51-48-45-42-39-18-15-12-9-6-3)65-59(62)53-50-47-44-41-38-36-34-32-30-28-26-24-22-20-17-14-11-8-5-2/h16-17,19-20,23-26,29,31,35,37,56H,4-15,18,21-22,27-28,30,32-34,36,38-55H2,1-3H3/b19-16-,20-17-,25-23-,26-24-,31-29-,37-35-/t56-/m1/s1. The molecule has 0 saturated heterocycles. The van der Waals surface area contributed by atoms with Crippen molar-refractivity contribution < 1.29 is 28.6 Å². The smallest absolute Gasteiger partial charge is 0.306 e. The Bertz CT molecular complexity index is 1230. The molecule has 0 radical (unpaired) electrons. The number of carbonyl (C=O) groups excluding carboxylic acids is 3. The molecular formula is C59H102O6. The van der Waals surface area contributed by atoms with Gasteiger partial charge in [-0.1, -0.05) is 222 Å². The lowest BCUT2D eigenvalue weighted by Crippen LogP contribution is -2.30. The summed E-state index contributed by atoms with van der Waals surface area (Å²) in [5.41, 5.74) is 0. The van der Waals surface area contributed by atoms with Gasteiger partial charge in [-0.05, 0) is 96.3 Å². The van der Waals surface area contributed by atoms with Crippen LogP contribution in [0.15, 0.2) is 72.9 Å². The van der Waals surface area contributed by atoms with Crippen LogP contribution >= 0.6 is 0 Å². The van der Waals surface area contributed by atoms with E-state index in [0.29, 0.717) is 19.3 Å². The summed E-state index contributed by atoms with van der Waals surface area (Å²) in [6, 6.07) is 0. The molecule has 374 valence electrons. The van der Waals surface area contributed by atoms with E-state index in [1.807, 2.05) is 0 Å². The van der Waals surface area contributed by atoms with Crippen LogP contribution < -0.4 is 0 Å². The van der Waals surface area contributed by atoms with E-state index in [4.69, 9.17) is 14.2 Å². The molecule has 0 heterocycles. The van der Waals surface area contributed by atoms with Gasteiger partial charge < -0.3 is 14.2 Å². The Morgan fingerprint density at radius 1 is 0.308 bits per heavy atom. The van der Waals surface area contributed by atoms with Gasteiger partial charge in [-0.2, -0.15) is 0 Å². The minimum Gasteiger partial charge on any atom is -0.462 e. The van der Waals surface area contributed by atoms with Crippen LogP contribution in [-0.4, -0.2) is 37.2 Å². The van der Waals surface area contributed by atoms with Crippen molar-refractivity contribution in [2.45, 2.75) is 271 Å². The van der Waals surface area contributed by atoms with E-state index in [9.17, 15) is 14.4 Å². The SMILES string of the molecule is CCCCC/C=C\C/C=C\C/C=C\C/C=C\CCCCCC(=O)OC[C@@H](COC(=O)CCCCCCCCCCC)OC(=O)CCCCCCCCCCC/C=C\C/C=C\CCCCC. The van der Waals surface area contributed by atoms with Crippen LogP contribution in [0.3, 0.4) is 0 Å². The zero-order chi connectivity index (χ0) is 47.2. The van der Waals surface area contributed by atoms with Crippen LogP contribution in [0.1, 0.15) is 265 Å². The van der Waals surface area contributed by atoms with Gasteiger partial charge in [0, 0.05) is 19.3 Å². The molecule has 0 rings (SSSR count). The molecule has 0 aromatic carbocycles. The molecule has 0 saturated carbocycles. The van der Waals surface area contributed by atoms with Crippen LogP contribution in [0.2, 0.25) is 0 Å². The molecule has 0 bridgehead atoms. The summed E-state index contributed by atoms with van der Waals surface area (Å²) in [7, 11) is 0. The van der Waals surface area contributed by atoms with Crippen LogP contribution in [0.25, 0.3) is 0 Å². The molecule has 6 nitrogen and oxygen atoms in total. The van der Waals surface area contributed by atoms with Crippen molar-refractivity contribution in [2.75, 3.05) is 13.2 Å². The molecular weight excluding hydrogens is 805 g/mol. The minimum atomic E-state index is -0.788. The average Bonchev–Trinajstić information content (AvgIpc) is 3.30. The van der Waals surface area contributed by atoms with Gasteiger partial charge in [0.1, 0.15) is 13.2 Å². The van der Waals surface area contributed by atoms with Crippen LogP contribution in [0.4, 0.5) is 0 Å². The maximum absolute atomic E-state index is 12.8. The van der Waals surface area contributed by atoms with E-state index in [1.165, 1.54) is 135 Å². The lowest BCUT2D eigenvalue weighted by molar-refractivity contribution is -0.167. The van der Waals surface area contributed by atoms with Gasteiger partial charge in [0.25, 0.3) is 0 Å². The highest BCUT2D eigenvalue weighted by atomic mass is 16.6. The fraction of sp³-hybridized carbons (Fsp3) is 0.746. The van der Waals surface area contributed by atoms with Gasteiger partial charge in [0.05, 0.1) is 0 Å². The van der Waals surface area contributed by atoms with Gasteiger partial charge in [-0.25, -0.2) is 0 Å². The number of esters is 3. The first-order valence-electron chi connectivity index (χ1n) is 27.4. The molecule has 0 amide bonds. The summed E-state index contributed by atoms with van der Waals surface area (Å²) in [6.07, 6.45) is 67.5.